The lowest BCUT2D eigenvalue weighted by Gasteiger charge is -2.29. The summed E-state index contributed by atoms with van der Waals surface area (Å²) in [5, 5.41) is 2.89. The lowest BCUT2D eigenvalue weighted by Crippen LogP contribution is -2.42. The van der Waals surface area contributed by atoms with Gasteiger partial charge in [0.25, 0.3) is 5.79 Å². The fourth-order valence-corrected chi connectivity index (χ4v) is 2.09. The van der Waals surface area contributed by atoms with E-state index in [0.29, 0.717) is 30.4 Å². The summed E-state index contributed by atoms with van der Waals surface area (Å²) in [7, 11) is 0. The van der Waals surface area contributed by atoms with Crippen molar-refractivity contribution in [2.24, 2.45) is 0 Å². The first-order valence-corrected chi connectivity index (χ1v) is 7.69. The molecule has 0 aliphatic carbocycles. The topological polar surface area (TPSA) is 83.1 Å². The van der Waals surface area contributed by atoms with Crippen LogP contribution in [0.2, 0.25) is 0 Å². The van der Waals surface area contributed by atoms with Crippen molar-refractivity contribution in [1.29, 1.82) is 0 Å². The minimum absolute atomic E-state index is 0.224. The van der Waals surface area contributed by atoms with Crippen LogP contribution in [0, 0.1) is 0 Å². The standard InChI is InChI=1S/C17H21NO6/c1-5-21-11-7-8-14(22-6-2)13(9-11)18-10-12-15(19)23-17(3,4)24-16(12)20/h7-10,18H,5-6H2,1-4H3. The number of cyclic esters (lactones) is 2. The van der Waals surface area contributed by atoms with Crippen LogP contribution in [-0.2, 0) is 19.1 Å². The van der Waals surface area contributed by atoms with Gasteiger partial charge in [0, 0.05) is 26.1 Å². The Morgan fingerprint density at radius 2 is 1.71 bits per heavy atom. The fourth-order valence-electron chi connectivity index (χ4n) is 2.09. The Balaban J connectivity index is 2.24. The lowest BCUT2D eigenvalue weighted by atomic mass is 10.2. The molecule has 0 amide bonds. The van der Waals surface area contributed by atoms with Crippen molar-refractivity contribution < 1.29 is 28.5 Å². The Morgan fingerprint density at radius 3 is 2.29 bits per heavy atom. The van der Waals surface area contributed by atoms with Crippen LogP contribution in [0.25, 0.3) is 0 Å². The van der Waals surface area contributed by atoms with E-state index >= 15 is 0 Å². The number of anilines is 1. The maximum Gasteiger partial charge on any atom is 0.350 e. The first kappa shape index (κ1) is 17.7. The molecule has 1 N–H and O–H groups in total. The van der Waals surface area contributed by atoms with Crippen molar-refractivity contribution in [3.05, 3.63) is 30.0 Å². The SMILES string of the molecule is CCOc1ccc(OCC)c(NC=C2C(=O)OC(C)(C)OC2=O)c1. The average Bonchev–Trinajstić information content (AvgIpc) is 2.48. The van der Waals surface area contributed by atoms with Crippen molar-refractivity contribution in [1.82, 2.24) is 0 Å². The van der Waals surface area contributed by atoms with Crippen LogP contribution in [0.5, 0.6) is 11.5 Å². The third kappa shape index (κ3) is 4.18. The third-order valence-electron chi connectivity index (χ3n) is 3.05. The predicted octanol–water partition coefficient (Wildman–Crippen LogP) is 2.62. The van der Waals surface area contributed by atoms with Gasteiger partial charge in [-0.3, -0.25) is 0 Å². The Hall–Kier alpha value is -2.70. The summed E-state index contributed by atoms with van der Waals surface area (Å²) in [6, 6.07) is 5.24. The van der Waals surface area contributed by atoms with Crippen LogP contribution >= 0.6 is 0 Å². The number of rotatable bonds is 6. The molecule has 24 heavy (non-hydrogen) atoms. The molecule has 1 heterocycles. The second-order valence-corrected chi connectivity index (χ2v) is 5.41. The minimum Gasteiger partial charge on any atom is -0.494 e. The Kier molecular flexibility index (Phi) is 5.33. The summed E-state index contributed by atoms with van der Waals surface area (Å²) >= 11 is 0. The van der Waals surface area contributed by atoms with Gasteiger partial charge in [-0.25, -0.2) is 9.59 Å². The van der Waals surface area contributed by atoms with Crippen LogP contribution < -0.4 is 14.8 Å². The van der Waals surface area contributed by atoms with Gasteiger partial charge in [-0.1, -0.05) is 0 Å². The molecule has 0 unspecified atom stereocenters. The van der Waals surface area contributed by atoms with Gasteiger partial charge in [-0.05, 0) is 26.0 Å². The molecule has 1 aromatic rings. The number of hydrogen-bond acceptors (Lipinski definition) is 7. The van der Waals surface area contributed by atoms with Crippen molar-refractivity contribution in [2.75, 3.05) is 18.5 Å². The molecule has 130 valence electrons. The highest BCUT2D eigenvalue weighted by atomic mass is 16.7. The van der Waals surface area contributed by atoms with Crippen molar-refractivity contribution >= 4 is 17.6 Å². The maximum atomic E-state index is 11.9. The molecule has 1 aliphatic heterocycles. The molecule has 7 nitrogen and oxygen atoms in total. The maximum absolute atomic E-state index is 11.9. The summed E-state index contributed by atoms with van der Waals surface area (Å²) in [5.41, 5.74) is 0.333. The van der Waals surface area contributed by atoms with Crippen molar-refractivity contribution in [3.8, 4) is 11.5 Å². The molecule has 1 aromatic carbocycles. The van der Waals surface area contributed by atoms with Gasteiger partial charge in [-0.2, -0.15) is 0 Å². The van der Waals surface area contributed by atoms with Crippen LogP contribution in [0.15, 0.2) is 30.0 Å². The number of nitrogens with one attached hydrogen (secondary N) is 1. The van der Waals surface area contributed by atoms with E-state index in [0.717, 1.165) is 0 Å². The molecule has 0 atom stereocenters. The van der Waals surface area contributed by atoms with Crippen molar-refractivity contribution in [3.63, 3.8) is 0 Å². The molecule has 1 fully saturated rings. The van der Waals surface area contributed by atoms with E-state index < -0.39 is 17.7 Å². The molecular weight excluding hydrogens is 314 g/mol. The summed E-state index contributed by atoms with van der Waals surface area (Å²) in [6.45, 7) is 7.70. The van der Waals surface area contributed by atoms with Gasteiger partial charge >= 0.3 is 11.9 Å². The molecule has 7 heteroatoms. The number of hydrogen-bond donors (Lipinski definition) is 1. The largest absolute Gasteiger partial charge is 0.494 e. The first-order valence-electron chi connectivity index (χ1n) is 7.69. The highest BCUT2D eigenvalue weighted by Gasteiger charge is 2.38. The molecule has 1 aliphatic rings. The number of esters is 2. The van der Waals surface area contributed by atoms with Crippen LogP contribution in [0.3, 0.4) is 0 Å². The van der Waals surface area contributed by atoms with Gasteiger partial charge in [0.2, 0.25) is 0 Å². The molecule has 0 spiro atoms. The monoisotopic (exact) mass is 335 g/mol. The average molecular weight is 335 g/mol. The summed E-state index contributed by atoms with van der Waals surface area (Å²) in [6.07, 6.45) is 1.24. The number of benzene rings is 1. The molecule has 0 radical (unpaired) electrons. The predicted molar refractivity (Wildman–Crippen MR) is 86.7 cm³/mol. The van der Waals surface area contributed by atoms with Gasteiger partial charge in [0.05, 0.1) is 18.9 Å². The molecule has 1 saturated heterocycles. The van der Waals surface area contributed by atoms with Crippen molar-refractivity contribution in [2.45, 2.75) is 33.5 Å². The third-order valence-corrected chi connectivity index (χ3v) is 3.05. The Labute approximate surface area is 140 Å². The molecule has 2 rings (SSSR count). The zero-order chi connectivity index (χ0) is 17.7. The van der Waals surface area contributed by atoms with E-state index in [2.05, 4.69) is 5.32 Å². The highest BCUT2D eigenvalue weighted by Crippen LogP contribution is 2.30. The quantitative estimate of drug-likeness (QED) is 0.486. The van der Waals surface area contributed by atoms with Crippen LogP contribution in [0.1, 0.15) is 27.7 Å². The second kappa shape index (κ2) is 7.25. The van der Waals surface area contributed by atoms with E-state index in [1.807, 2.05) is 13.8 Å². The number of carbonyl (C=O) groups is 2. The molecular formula is C17H21NO6. The minimum atomic E-state index is -1.27. The van der Waals surface area contributed by atoms with E-state index in [9.17, 15) is 9.59 Å². The van der Waals surface area contributed by atoms with Gasteiger partial charge in [-0.15, -0.1) is 0 Å². The molecule has 0 aromatic heterocycles. The Bertz CT molecular complexity index is 643. The number of carbonyl (C=O) groups excluding carboxylic acids is 2. The number of ether oxygens (including phenoxy) is 4. The summed E-state index contributed by atoms with van der Waals surface area (Å²) in [4.78, 5) is 23.9. The van der Waals surface area contributed by atoms with Gasteiger partial charge < -0.3 is 24.3 Å². The zero-order valence-corrected chi connectivity index (χ0v) is 14.2. The second-order valence-electron chi connectivity index (χ2n) is 5.41. The van der Waals surface area contributed by atoms with E-state index in [1.54, 1.807) is 18.2 Å². The van der Waals surface area contributed by atoms with E-state index in [4.69, 9.17) is 18.9 Å². The summed E-state index contributed by atoms with van der Waals surface area (Å²) in [5.74, 6) is -1.56. The highest BCUT2D eigenvalue weighted by molar-refractivity contribution is 6.15. The van der Waals surface area contributed by atoms with Gasteiger partial charge in [0.1, 0.15) is 11.5 Å². The molecule has 0 bridgehead atoms. The van der Waals surface area contributed by atoms with E-state index in [1.165, 1.54) is 20.0 Å². The van der Waals surface area contributed by atoms with Crippen LogP contribution in [-0.4, -0.2) is 30.9 Å². The Morgan fingerprint density at radius 1 is 1.08 bits per heavy atom. The van der Waals surface area contributed by atoms with E-state index in [-0.39, 0.29) is 5.57 Å². The first-order chi connectivity index (χ1) is 11.4. The summed E-state index contributed by atoms with van der Waals surface area (Å²) < 4.78 is 21.0. The smallest absolute Gasteiger partial charge is 0.350 e. The zero-order valence-electron chi connectivity index (χ0n) is 14.2. The fraction of sp³-hybridized carbons (Fsp3) is 0.412. The molecule has 0 saturated carbocycles. The van der Waals surface area contributed by atoms with Gasteiger partial charge in [0.15, 0.2) is 5.57 Å². The normalized spacial score (nSPS) is 16.1. The van der Waals surface area contributed by atoms with Crippen LogP contribution in [0.4, 0.5) is 5.69 Å². The lowest BCUT2D eigenvalue weighted by molar-refractivity contribution is -0.222.